The molecule has 0 spiro atoms. The number of aliphatic hydroxyl groups excluding tert-OH is 28. The minimum Gasteiger partial charge on any atom is -0.394 e. The number of hydrogen-bond donors (Lipinski definition) is 34. The van der Waals surface area contributed by atoms with Gasteiger partial charge in [0.2, 0.25) is 35.4 Å². The van der Waals surface area contributed by atoms with Crippen LogP contribution in [-0.2, 0) is 128 Å². The van der Waals surface area contributed by atoms with Gasteiger partial charge in [0.1, 0.15) is 262 Å². The van der Waals surface area contributed by atoms with E-state index in [0.717, 1.165) is 41.5 Å². The van der Waals surface area contributed by atoms with Crippen LogP contribution in [0.4, 0.5) is 0 Å². The molecule has 802 valence electrons. The summed E-state index contributed by atoms with van der Waals surface area (Å²) in [5, 5.41) is 333. The summed E-state index contributed by atoms with van der Waals surface area (Å²) in [6, 6.07) is -11.5. The predicted molar refractivity (Wildman–Crippen MR) is 430 cm³/mol. The summed E-state index contributed by atoms with van der Waals surface area (Å²) in [6.45, 7) is -4.93. The molecule has 0 unspecified atom stereocenters. The summed E-state index contributed by atoms with van der Waals surface area (Å²) in [5.74, 6) is -5.68. The third-order valence-corrected chi connectivity index (χ3v) is 25.3. The fourth-order valence-corrected chi connectivity index (χ4v) is 18.1. The van der Waals surface area contributed by atoms with Gasteiger partial charge in [-0.3, -0.25) is 28.8 Å². The zero-order valence-corrected chi connectivity index (χ0v) is 75.4. The van der Waals surface area contributed by atoms with Gasteiger partial charge in [-0.2, -0.15) is 0 Å². The van der Waals surface area contributed by atoms with E-state index in [1.807, 2.05) is 0 Å². The van der Waals surface area contributed by atoms with Crippen molar-refractivity contribution in [1.29, 1.82) is 0 Å². The summed E-state index contributed by atoms with van der Waals surface area (Å²) in [6.07, 6.45) is -106. The van der Waals surface area contributed by atoms with Crippen molar-refractivity contribution in [2.45, 2.75) is 386 Å². The minimum atomic E-state index is -2.76. The van der Waals surface area contributed by atoms with E-state index < -0.39 is 439 Å². The monoisotopic (exact) mass is 2030 g/mol. The molecule has 11 aliphatic heterocycles. The van der Waals surface area contributed by atoms with Gasteiger partial charge in [-0.15, -0.1) is 0 Å². The first kappa shape index (κ1) is 114. The third-order valence-electron chi connectivity index (χ3n) is 25.3. The molecule has 61 heteroatoms. The molecule has 11 aliphatic rings. The summed E-state index contributed by atoms with van der Waals surface area (Å²) >= 11 is 0. The summed E-state index contributed by atoms with van der Waals surface area (Å²) in [5.41, 5.74) is 0. The largest absolute Gasteiger partial charge is 0.394 e. The summed E-state index contributed by atoms with van der Waals surface area (Å²) in [7, 11) is 0. The average Bonchev–Trinajstić information content (AvgIpc) is 0.745. The number of hydrogen-bond acceptors (Lipinski definition) is 55. The second-order valence-electron chi connectivity index (χ2n) is 35.3. The maximum absolute atomic E-state index is 13.7. The van der Waals surface area contributed by atoms with Crippen LogP contribution in [0.25, 0.3) is 0 Å². The van der Waals surface area contributed by atoms with Crippen LogP contribution < -0.4 is 31.9 Å². The molecule has 0 radical (unpaired) electrons. The Hall–Kier alpha value is -5.14. The second kappa shape index (κ2) is 50.0. The highest BCUT2D eigenvalue weighted by Gasteiger charge is 2.64. The first-order valence-electron chi connectivity index (χ1n) is 44.5. The first-order chi connectivity index (χ1) is 65.7. The fraction of sp³-hybridized carbons (Fsp3) is 0.923. The van der Waals surface area contributed by atoms with Crippen molar-refractivity contribution >= 4 is 35.4 Å². The van der Waals surface area contributed by atoms with E-state index in [2.05, 4.69) is 31.9 Å². The van der Waals surface area contributed by atoms with Crippen LogP contribution in [0, 0.1) is 0 Å². The molecule has 0 aromatic carbocycles. The number of aliphatic hydroxyl groups is 28. The Labute approximate surface area is 788 Å². The highest BCUT2D eigenvalue weighted by molar-refractivity contribution is 5.75. The van der Waals surface area contributed by atoms with Gasteiger partial charge in [-0.05, 0) is 6.92 Å². The summed E-state index contributed by atoms with van der Waals surface area (Å²) in [4.78, 5) is 77.8. The predicted octanol–water partition coefficient (Wildman–Crippen LogP) is -23.1. The number of amides is 6. The van der Waals surface area contributed by atoms with Crippen LogP contribution in [0.2, 0.25) is 0 Å². The molecule has 55 atom stereocenters. The Kier molecular flexibility index (Phi) is 41.1. The van der Waals surface area contributed by atoms with Gasteiger partial charge in [-0.25, -0.2) is 0 Å². The smallest absolute Gasteiger partial charge is 0.217 e. The fourth-order valence-electron chi connectivity index (χ4n) is 18.1. The van der Waals surface area contributed by atoms with Crippen molar-refractivity contribution in [3.8, 4) is 0 Å². The van der Waals surface area contributed by atoms with E-state index in [1.54, 1.807) is 0 Å². The van der Waals surface area contributed by atoms with Gasteiger partial charge in [0, 0.05) is 41.5 Å². The molecule has 61 nitrogen and oxygen atoms in total. The van der Waals surface area contributed by atoms with E-state index in [0.29, 0.717) is 0 Å². The lowest BCUT2D eigenvalue weighted by molar-refractivity contribution is -0.407. The van der Waals surface area contributed by atoms with Crippen LogP contribution in [0.5, 0.6) is 0 Å². The van der Waals surface area contributed by atoms with E-state index in [4.69, 9.17) is 99.5 Å². The lowest BCUT2D eigenvalue weighted by Gasteiger charge is -2.52. The molecule has 11 fully saturated rings. The van der Waals surface area contributed by atoms with Crippen molar-refractivity contribution in [1.82, 2.24) is 31.9 Å². The Morgan fingerprint density at radius 3 is 0.921 bits per heavy atom. The quantitative estimate of drug-likeness (QED) is 0.0277. The maximum Gasteiger partial charge on any atom is 0.217 e. The van der Waals surface area contributed by atoms with Crippen molar-refractivity contribution in [2.24, 2.45) is 0 Å². The Morgan fingerprint density at radius 2 is 0.468 bits per heavy atom. The van der Waals surface area contributed by atoms with Gasteiger partial charge >= 0.3 is 0 Å². The van der Waals surface area contributed by atoms with E-state index in [-0.39, 0.29) is 0 Å². The molecule has 11 rings (SSSR count). The average molecular weight is 2030 g/mol. The first-order valence-corrected chi connectivity index (χ1v) is 44.5. The Balaban J connectivity index is 1.01. The van der Waals surface area contributed by atoms with Crippen molar-refractivity contribution in [3.05, 3.63) is 0 Å². The van der Waals surface area contributed by atoms with Crippen LogP contribution in [0.1, 0.15) is 48.5 Å². The molecule has 0 aliphatic carbocycles. The van der Waals surface area contributed by atoms with Gasteiger partial charge in [-0.1, -0.05) is 0 Å². The number of ether oxygens (including phenoxy) is 21. The topological polar surface area (TPSA) is 935 Å². The number of carbonyl (C=O) groups is 6. The molecule has 0 bridgehead atoms. The maximum atomic E-state index is 13.7. The van der Waals surface area contributed by atoms with Crippen LogP contribution >= 0.6 is 0 Å². The number of nitrogens with one attached hydrogen (secondary N) is 6. The molecular formula is C78H130N6O55. The van der Waals surface area contributed by atoms with E-state index in [9.17, 15) is 172 Å². The van der Waals surface area contributed by atoms with E-state index >= 15 is 0 Å². The molecule has 0 aromatic rings. The highest BCUT2D eigenvalue weighted by Crippen LogP contribution is 2.43. The number of rotatable bonds is 36. The van der Waals surface area contributed by atoms with Gasteiger partial charge < -0.3 is 274 Å². The van der Waals surface area contributed by atoms with Gasteiger partial charge in [0.25, 0.3) is 0 Å². The molecule has 11 heterocycles. The zero-order valence-electron chi connectivity index (χ0n) is 75.4. The van der Waals surface area contributed by atoms with Gasteiger partial charge in [0.05, 0.1) is 72.2 Å². The molecule has 0 saturated carbocycles. The Morgan fingerprint density at radius 1 is 0.201 bits per heavy atom. The minimum absolute atomic E-state index is 0.831. The van der Waals surface area contributed by atoms with Crippen molar-refractivity contribution in [2.75, 3.05) is 66.1 Å². The molecule has 6 amide bonds. The zero-order chi connectivity index (χ0) is 102. The lowest BCUT2D eigenvalue weighted by Crippen LogP contribution is -2.72. The second-order valence-corrected chi connectivity index (χ2v) is 35.3. The van der Waals surface area contributed by atoms with Crippen LogP contribution in [0.3, 0.4) is 0 Å². The number of carbonyl (C=O) groups excluding carboxylic acids is 6. The lowest BCUT2D eigenvalue weighted by atomic mass is 9.93. The van der Waals surface area contributed by atoms with Crippen LogP contribution in [0.15, 0.2) is 0 Å². The molecule has 139 heavy (non-hydrogen) atoms. The van der Waals surface area contributed by atoms with Crippen molar-refractivity contribution in [3.63, 3.8) is 0 Å². The molecule has 34 N–H and O–H groups in total. The van der Waals surface area contributed by atoms with Crippen molar-refractivity contribution < 1.29 is 271 Å². The SMILES string of the molecule is CC(=O)N[C@@H]1[C@H](O[C@@H]2[C@@H](O[C@@H]3[C@H](O)[C@H](O[C@H]4[C@H](O)[C@@H](NC(C)=O)[C@H](O[C@H]5[C@H](O)[C@@H](NC(C)=O)[C@H](O)O[C@@H]5CO)O[C@@H]4CO)O[C@H](CO[C@H]4O[C@H](CO[C@@H]5O[C@H](CO)[C@@H](O)[C@H](O)[C@H]5NC(C)=O)[C@@H](O)[C@H](O)[C@@H]4O[C@@H]4O[C@H](CO)[C@@H](O)[C@H](O)[C@H]4NC(C)=O)[C@H]3O)O[C@H](CO)[C@@H](O[C@@H]3O[C@H](CO)[C@@H](O[C@@H]4O[C@H](CO)[C@H](O)[C@H](O)[C@H]4O)[C@H](O[C@H]4O[C@H](C)[C@H](O)[C@H](O)[C@H]4O)[C@H]3NC(C)=O)[C@@H]2O)O[C@H](CO)[C@@H](O)[C@@H]1O. The molecule has 11 saturated heterocycles. The molecule has 0 aromatic heterocycles. The van der Waals surface area contributed by atoms with E-state index in [1.165, 1.54) is 6.92 Å². The molecular weight excluding hydrogens is 1900 g/mol. The standard InChI is InChI=1S/C78H130N6O55/c1-18-41(99)53(111)56(114)74(121-18)136-64-40(84-24(7)98)73(128-32(15-92)63(64)135-75-57(115)54(112)45(103)28(11-88)126-75)133-62-31(14-91)129-78(67(58(62)116)139-71-38(82-22(5)96)50(108)44(102)27(10-87)125-71)137-65-47(105)34(130-76(59(65)117)134-61-30(13-90)127-72(39(52(61)110)83-23(6)97)132-60-29(12-89)122-68(118)35(51(60)109)79-19(2)93)17-120-77-66(138-70-37(81-21(4)95)49(107)43(101)26(9-86)124-70)55(113)46(104)33(131-77)16-119-69-36(80-20(3)94)48(106)42(100)25(8-85)123-69/h18,25-78,85-92,99-118H,8-17H2,1-7H3,(H,79,93)(H,80,94)(H,81,95)(H,82,96)(H,83,97)(H,84,98)/t18-,25-,26-,27-,28-,29-,30-,31-,32-,33-,34-,35-,36-,37-,38+,39-,40-,41+,42-,43-,44-,45+,46-,47-,48-,49-,50-,51-,52-,53+,54+,55+,56-,57-,58+,59+,60-,61-,62-,63-,64-,65+,66+,67+,68-,69-,70+,71+,72+,73+,74-,75+,76+,77+,78-/m1/s1. The third kappa shape index (κ3) is 25.8. The van der Waals surface area contributed by atoms with Gasteiger partial charge in [0.15, 0.2) is 69.2 Å². The summed E-state index contributed by atoms with van der Waals surface area (Å²) < 4.78 is 128. The Bertz CT molecular complexity index is 3900. The highest BCUT2D eigenvalue weighted by atomic mass is 16.8. The van der Waals surface area contributed by atoms with Crippen LogP contribution in [-0.4, -0.2) is 582 Å². The normalized spacial score (nSPS) is 48.3.